The van der Waals surface area contributed by atoms with Crippen molar-refractivity contribution >= 4 is 25.2 Å². The van der Waals surface area contributed by atoms with E-state index >= 15 is 0 Å². The predicted octanol–water partition coefficient (Wildman–Crippen LogP) is 0.188. The van der Waals surface area contributed by atoms with E-state index in [1.54, 1.807) is 0 Å². The van der Waals surface area contributed by atoms with E-state index < -0.39 is 6.03 Å². The maximum absolute atomic E-state index is 9.36. The molecule has 0 radical (unpaired) electrons. The molecule has 2 amide bonds. The number of carbonyl (C=O) groups is 1. The van der Waals surface area contributed by atoms with Crippen LogP contribution in [0.4, 0.5) is 4.79 Å². The third-order valence-corrected chi connectivity index (χ3v) is 0.156. The van der Waals surface area contributed by atoms with Crippen molar-refractivity contribution in [2.45, 2.75) is 0 Å². The number of amides is 2. The summed E-state index contributed by atoms with van der Waals surface area (Å²) in [5, 5.41) is 0. The molecule has 0 fully saturated rings. The molecule has 0 aromatic heterocycles. The zero-order valence-corrected chi connectivity index (χ0v) is 3.86. The second-order valence-electron chi connectivity index (χ2n) is 0.496. The minimum atomic E-state index is -0.731. The van der Waals surface area contributed by atoms with E-state index in [-0.39, 0.29) is 12.4 Å². The van der Waals surface area contributed by atoms with Crippen LogP contribution in [-0.2, 0) is 0 Å². The van der Waals surface area contributed by atoms with Gasteiger partial charge in [-0.3, -0.25) is 0 Å². The molecule has 0 rings (SSSR count). The highest BCUT2D eigenvalue weighted by molar-refractivity contribution is 5.85. The van der Waals surface area contributed by atoms with E-state index in [0.717, 1.165) is 0 Å². The highest BCUT2D eigenvalue weighted by Crippen LogP contribution is 1.53. The van der Waals surface area contributed by atoms with Gasteiger partial charge in [0.25, 0.3) is 0 Å². The van der Waals surface area contributed by atoms with E-state index in [0.29, 0.717) is 0 Å². The number of hydrogen-bond acceptors (Lipinski definition) is 1. The topological polar surface area (TPSA) is 55.4 Å². The van der Waals surface area contributed by atoms with Crippen LogP contribution in [0.1, 0.15) is 0 Å². The molecule has 3 nitrogen and oxygen atoms in total. The Balaban J connectivity index is 0. The summed E-state index contributed by atoms with van der Waals surface area (Å²) in [5.74, 6) is 0. The highest BCUT2D eigenvalue weighted by atomic mass is 35.5. The summed E-state index contributed by atoms with van der Waals surface area (Å²) in [6, 6.07) is -0.731. The SMILES string of the molecule is C=NC(N)=O.Cl. The van der Waals surface area contributed by atoms with Gasteiger partial charge in [-0.2, -0.15) is 0 Å². The van der Waals surface area contributed by atoms with Crippen molar-refractivity contribution in [2.24, 2.45) is 10.7 Å². The monoisotopic (exact) mass is 108 g/mol. The van der Waals surface area contributed by atoms with Crippen molar-refractivity contribution in [1.82, 2.24) is 0 Å². The zero-order chi connectivity index (χ0) is 4.28. The Morgan fingerprint density at radius 1 is 1.83 bits per heavy atom. The fraction of sp³-hybridized carbons (Fsp3) is 0. The molecule has 6 heavy (non-hydrogen) atoms. The Labute approximate surface area is 41.7 Å². The van der Waals surface area contributed by atoms with Gasteiger partial charge in [0, 0.05) is 0 Å². The number of carbonyl (C=O) groups excluding carboxylic acids is 1. The first kappa shape index (κ1) is 9.06. The largest absolute Gasteiger partial charge is 0.350 e. The predicted molar refractivity (Wildman–Crippen MR) is 26.4 cm³/mol. The zero-order valence-electron chi connectivity index (χ0n) is 3.05. The van der Waals surface area contributed by atoms with E-state index in [4.69, 9.17) is 0 Å². The molecule has 0 bridgehead atoms. The molecule has 0 atom stereocenters. The fourth-order valence-electron chi connectivity index (χ4n) is 0. The van der Waals surface area contributed by atoms with E-state index in [1.165, 1.54) is 0 Å². The molecule has 0 aromatic carbocycles. The van der Waals surface area contributed by atoms with Crippen LogP contribution in [0.2, 0.25) is 0 Å². The molecule has 0 aromatic rings. The molecule has 36 valence electrons. The number of nitrogens with two attached hydrogens (primary N) is 1. The lowest BCUT2D eigenvalue weighted by Gasteiger charge is -1.66. The number of rotatable bonds is 0. The van der Waals surface area contributed by atoms with Crippen LogP contribution in [0.25, 0.3) is 0 Å². The second-order valence-corrected chi connectivity index (χ2v) is 0.496. The van der Waals surface area contributed by atoms with E-state index in [1.807, 2.05) is 0 Å². The molecular weight excluding hydrogens is 103 g/mol. The smallest absolute Gasteiger partial charge is 0.337 e. The molecule has 0 saturated heterocycles. The number of halogens is 1. The first-order valence-electron chi connectivity index (χ1n) is 1.03. The Morgan fingerprint density at radius 2 is 2.00 bits per heavy atom. The average Bonchev–Trinajstić information content (AvgIpc) is 1.38. The lowest BCUT2D eigenvalue weighted by molar-refractivity contribution is 0.257. The molecule has 0 unspecified atom stereocenters. The number of urea groups is 1. The van der Waals surface area contributed by atoms with Gasteiger partial charge in [0.05, 0.1) is 0 Å². The Bertz CT molecular complexity index is 62.6. The van der Waals surface area contributed by atoms with E-state index in [9.17, 15) is 4.79 Å². The summed E-state index contributed by atoms with van der Waals surface area (Å²) in [4.78, 5) is 12.1. The summed E-state index contributed by atoms with van der Waals surface area (Å²) in [6.45, 7) is 2.84. The van der Waals surface area contributed by atoms with Gasteiger partial charge < -0.3 is 5.73 Å². The molecule has 0 aliphatic rings. The quantitative estimate of drug-likeness (QED) is 0.443. The van der Waals surface area contributed by atoms with Crippen molar-refractivity contribution in [3.63, 3.8) is 0 Å². The van der Waals surface area contributed by atoms with Gasteiger partial charge in [-0.1, -0.05) is 0 Å². The molecule has 4 heteroatoms. The van der Waals surface area contributed by atoms with Crippen LogP contribution in [0.3, 0.4) is 0 Å². The van der Waals surface area contributed by atoms with Gasteiger partial charge in [-0.25, -0.2) is 9.79 Å². The Kier molecular flexibility index (Phi) is 6.69. The minimum absolute atomic E-state index is 0. The van der Waals surface area contributed by atoms with Crippen molar-refractivity contribution < 1.29 is 4.79 Å². The van der Waals surface area contributed by atoms with Crippen molar-refractivity contribution in [3.05, 3.63) is 0 Å². The third kappa shape index (κ3) is 9.90. The van der Waals surface area contributed by atoms with Crippen LogP contribution in [0.5, 0.6) is 0 Å². The Morgan fingerprint density at radius 3 is 2.00 bits per heavy atom. The summed E-state index contributed by atoms with van der Waals surface area (Å²) in [7, 11) is 0. The third-order valence-electron chi connectivity index (χ3n) is 0.156. The lowest BCUT2D eigenvalue weighted by atomic mass is 11.1. The molecule has 2 N–H and O–H groups in total. The number of hydrogen-bond donors (Lipinski definition) is 1. The summed E-state index contributed by atoms with van der Waals surface area (Å²) >= 11 is 0. The second kappa shape index (κ2) is 4.43. The first-order chi connectivity index (χ1) is 2.27. The van der Waals surface area contributed by atoms with Crippen molar-refractivity contribution in [1.29, 1.82) is 0 Å². The molecule has 0 heterocycles. The van der Waals surface area contributed by atoms with Crippen LogP contribution in [0, 0.1) is 0 Å². The maximum Gasteiger partial charge on any atom is 0.337 e. The fourth-order valence-corrected chi connectivity index (χ4v) is 0. The maximum atomic E-state index is 9.36. The molecule has 0 spiro atoms. The standard InChI is InChI=1S/C2H4N2O.ClH/c1-4-2(3)5;/h1H2,(H2,3,5);1H. The Hall–Kier alpha value is -0.570. The first-order valence-corrected chi connectivity index (χ1v) is 1.03. The van der Waals surface area contributed by atoms with Gasteiger partial charge in [0.15, 0.2) is 0 Å². The van der Waals surface area contributed by atoms with E-state index in [2.05, 4.69) is 17.4 Å². The summed E-state index contributed by atoms with van der Waals surface area (Å²) in [6.07, 6.45) is 0. The minimum Gasteiger partial charge on any atom is -0.350 e. The van der Waals surface area contributed by atoms with Crippen LogP contribution in [-0.4, -0.2) is 12.7 Å². The molecule has 0 aliphatic carbocycles. The normalized spacial score (nSPS) is 5.33. The number of nitrogens with zero attached hydrogens (tertiary/aromatic N) is 1. The van der Waals surface area contributed by atoms with Crippen LogP contribution >= 0.6 is 12.4 Å². The van der Waals surface area contributed by atoms with Gasteiger partial charge >= 0.3 is 6.03 Å². The molecular formula is C2H5ClN2O. The lowest BCUT2D eigenvalue weighted by Crippen LogP contribution is -2.01. The van der Waals surface area contributed by atoms with Gasteiger partial charge in [-0.05, 0) is 6.72 Å². The highest BCUT2D eigenvalue weighted by Gasteiger charge is 1.70. The molecule has 0 saturated carbocycles. The van der Waals surface area contributed by atoms with Crippen LogP contribution in [0.15, 0.2) is 4.99 Å². The van der Waals surface area contributed by atoms with Crippen LogP contribution < -0.4 is 5.73 Å². The number of aliphatic imine (C=N–C) groups is 1. The van der Waals surface area contributed by atoms with Crippen molar-refractivity contribution in [3.8, 4) is 0 Å². The van der Waals surface area contributed by atoms with Gasteiger partial charge in [0.2, 0.25) is 0 Å². The number of primary amides is 1. The molecule has 0 aliphatic heterocycles. The van der Waals surface area contributed by atoms with Gasteiger partial charge in [0.1, 0.15) is 0 Å². The summed E-state index contributed by atoms with van der Waals surface area (Å²) < 4.78 is 0. The average molecular weight is 109 g/mol. The van der Waals surface area contributed by atoms with Crippen molar-refractivity contribution in [2.75, 3.05) is 0 Å². The summed E-state index contributed by atoms with van der Waals surface area (Å²) in [5.41, 5.74) is 4.42. The van der Waals surface area contributed by atoms with Gasteiger partial charge in [-0.15, -0.1) is 12.4 Å².